The molecule has 118 valence electrons. The molecule has 0 spiro atoms. The first-order valence-corrected chi connectivity index (χ1v) is 7.84. The highest BCUT2D eigenvalue weighted by molar-refractivity contribution is 5.75. The Balaban J connectivity index is 2.47. The first-order chi connectivity index (χ1) is 9.77. The fourth-order valence-electron chi connectivity index (χ4n) is 2.22. The Hall–Kier alpha value is -1.38. The smallest absolute Gasteiger partial charge is 0.311 e. The van der Waals surface area contributed by atoms with Crippen molar-refractivity contribution >= 4 is 5.97 Å². The zero-order valence-corrected chi connectivity index (χ0v) is 14.1. The number of ether oxygens (including phenoxy) is 1. The molecule has 0 aromatic carbocycles. The third kappa shape index (κ3) is 6.28. The molecule has 1 heterocycles. The maximum absolute atomic E-state index is 11.9. The Morgan fingerprint density at radius 1 is 1.14 bits per heavy atom. The van der Waals surface area contributed by atoms with Crippen LogP contribution in [0.1, 0.15) is 59.6 Å². The van der Waals surface area contributed by atoms with Gasteiger partial charge in [0.1, 0.15) is 0 Å². The summed E-state index contributed by atoms with van der Waals surface area (Å²) in [5, 5.41) is 0. The average Bonchev–Trinajstić information content (AvgIpc) is 2.45. The topological polar surface area (TPSA) is 39.2 Å². The van der Waals surface area contributed by atoms with Crippen LogP contribution in [0, 0.1) is 10.8 Å². The molecular weight excluding hydrogens is 262 g/mol. The molecule has 0 amide bonds. The summed E-state index contributed by atoms with van der Waals surface area (Å²) in [5.41, 5.74) is 0.926. The number of aromatic nitrogens is 1. The van der Waals surface area contributed by atoms with Crippen LogP contribution in [0.5, 0.6) is 0 Å². The molecular formula is C18H29NO2. The number of hydrogen-bond donors (Lipinski definition) is 0. The minimum atomic E-state index is -0.404. The highest BCUT2D eigenvalue weighted by atomic mass is 16.5. The van der Waals surface area contributed by atoms with Crippen LogP contribution < -0.4 is 0 Å². The van der Waals surface area contributed by atoms with E-state index in [1.165, 1.54) is 0 Å². The summed E-state index contributed by atoms with van der Waals surface area (Å²) >= 11 is 0. The van der Waals surface area contributed by atoms with Gasteiger partial charge in [0, 0.05) is 11.9 Å². The first-order valence-electron chi connectivity index (χ1n) is 7.84. The molecule has 1 rings (SSSR count). The second kappa shape index (κ2) is 7.58. The lowest BCUT2D eigenvalue weighted by molar-refractivity contribution is -0.154. The van der Waals surface area contributed by atoms with Crippen LogP contribution in [0.2, 0.25) is 0 Å². The first kappa shape index (κ1) is 17.7. The summed E-state index contributed by atoms with van der Waals surface area (Å²) in [6, 6.07) is 6.04. The molecule has 21 heavy (non-hydrogen) atoms. The van der Waals surface area contributed by atoms with Crippen molar-refractivity contribution in [3.63, 3.8) is 0 Å². The number of pyridine rings is 1. The van der Waals surface area contributed by atoms with Gasteiger partial charge in [-0.3, -0.25) is 9.78 Å². The Kier molecular flexibility index (Phi) is 6.38. The van der Waals surface area contributed by atoms with Gasteiger partial charge in [0.05, 0.1) is 12.0 Å². The van der Waals surface area contributed by atoms with Gasteiger partial charge in [-0.1, -0.05) is 19.9 Å². The Morgan fingerprint density at radius 3 is 2.43 bits per heavy atom. The van der Waals surface area contributed by atoms with Crippen LogP contribution in [-0.2, 0) is 16.0 Å². The normalized spacial score (nSPS) is 12.2. The Morgan fingerprint density at radius 2 is 1.86 bits per heavy atom. The SMILES string of the molecule is CCOC(=O)C(C)(C)CCC(C)(C)CCc1ccccn1. The third-order valence-corrected chi connectivity index (χ3v) is 4.04. The molecule has 0 saturated heterocycles. The van der Waals surface area contributed by atoms with E-state index in [0.29, 0.717) is 6.61 Å². The summed E-state index contributed by atoms with van der Waals surface area (Å²) in [5.74, 6) is -0.0921. The predicted molar refractivity (Wildman–Crippen MR) is 86.0 cm³/mol. The lowest BCUT2D eigenvalue weighted by Gasteiger charge is -2.29. The summed E-state index contributed by atoms with van der Waals surface area (Å²) in [6.07, 6.45) is 5.75. The van der Waals surface area contributed by atoms with E-state index >= 15 is 0 Å². The predicted octanol–water partition coefficient (Wildman–Crippen LogP) is 4.41. The van der Waals surface area contributed by atoms with E-state index in [9.17, 15) is 4.79 Å². The molecule has 0 fully saturated rings. The fourth-order valence-corrected chi connectivity index (χ4v) is 2.22. The summed E-state index contributed by atoms with van der Waals surface area (Å²) in [7, 11) is 0. The molecule has 0 aliphatic rings. The molecule has 0 atom stereocenters. The highest BCUT2D eigenvalue weighted by Crippen LogP contribution is 2.34. The number of carbonyl (C=O) groups is 1. The fraction of sp³-hybridized carbons (Fsp3) is 0.667. The highest BCUT2D eigenvalue weighted by Gasteiger charge is 2.31. The molecule has 3 heteroatoms. The van der Waals surface area contributed by atoms with Gasteiger partial charge in [0.15, 0.2) is 0 Å². The van der Waals surface area contributed by atoms with E-state index < -0.39 is 5.41 Å². The van der Waals surface area contributed by atoms with Gasteiger partial charge in [-0.15, -0.1) is 0 Å². The standard InChI is InChI=1S/C18H29NO2/c1-6-21-16(20)18(4,5)13-12-17(2,3)11-10-15-9-7-8-14-19-15/h7-9,14H,6,10-13H2,1-5H3. The molecule has 3 nitrogen and oxygen atoms in total. The third-order valence-electron chi connectivity index (χ3n) is 4.04. The lowest BCUT2D eigenvalue weighted by Crippen LogP contribution is -2.28. The van der Waals surface area contributed by atoms with E-state index in [2.05, 4.69) is 24.9 Å². The van der Waals surface area contributed by atoms with E-state index in [4.69, 9.17) is 4.74 Å². The van der Waals surface area contributed by atoms with Crippen molar-refractivity contribution in [1.82, 2.24) is 4.98 Å². The molecule has 0 radical (unpaired) electrons. The quantitative estimate of drug-likeness (QED) is 0.666. The van der Waals surface area contributed by atoms with Crippen molar-refractivity contribution in [3.8, 4) is 0 Å². The van der Waals surface area contributed by atoms with Crippen LogP contribution in [0.15, 0.2) is 24.4 Å². The number of esters is 1. The van der Waals surface area contributed by atoms with Gasteiger partial charge in [-0.2, -0.15) is 0 Å². The van der Waals surface area contributed by atoms with Crippen molar-refractivity contribution in [3.05, 3.63) is 30.1 Å². The van der Waals surface area contributed by atoms with E-state index in [0.717, 1.165) is 31.4 Å². The number of carbonyl (C=O) groups excluding carboxylic acids is 1. The molecule has 0 aliphatic heterocycles. The van der Waals surface area contributed by atoms with Gasteiger partial charge >= 0.3 is 5.97 Å². The lowest BCUT2D eigenvalue weighted by atomic mass is 9.76. The largest absolute Gasteiger partial charge is 0.466 e. The van der Waals surface area contributed by atoms with E-state index in [1.807, 2.05) is 39.1 Å². The second-order valence-corrected chi connectivity index (χ2v) is 7.09. The number of rotatable bonds is 8. The minimum absolute atomic E-state index is 0.0921. The zero-order valence-electron chi connectivity index (χ0n) is 14.1. The molecule has 0 saturated carbocycles. The van der Waals surface area contributed by atoms with Crippen LogP contribution in [0.3, 0.4) is 0 Å². The maximum Gasteiger partial charge on any atom is 0.311 e. The maximum atomic E-state index is 11.9. The molecule has 0 aliphatic carbocycles. The minimum Gasteiger partial charge on any atom is -0.466 e. The van der Waals surface area contributed by atoms with Crippen molar-refractivity contribution in [2.75, 3.05) is 6.61 Å². The second-order valence-electron chi connectivity index (χ2n) is 7.09. The van der Waals surface area contributed by atoms with Crippen molar-refractivity contribution in [1.29, 1.82) is 0 Å². The van der Waals surface area contributed by atoms with Gasteiger partial charge in [-0.25, -0.2) is 0 Å². The zero-order chi connectivity index (χ0) is 15.9. The van der Waals surface area contributed by atoms with Crippen molar-refractivity contribution in [2.24, 2.45) is 10.8 Å². The monoisotopic (exact) mass is 291 g/mol. The van der Waals surface area contributed by atoms with Gasteiger partial charge in [0.2, 0.25) is 0 Å². The number of aryl methyl sites for hydroxylation is 1. The number of nitrogens with zero attached hydrogens (tertiary/aromatic N) is 1. The van der Waals surface area contributed by atoms with E-state index in [-0.39, 0.29) is 11.4 Å². The molecule has 0 N–H and O–H groups in total. The van der Waals surface area contributed by atoms with Crippen LogP contribution in [0.25, 0.3) is 0 Å². The van der Waals surface area contributed by atoms with Gasteiger partial charge in [0.25, 0.3) is 0 Å². The molecule has 0 bridgehead atoms. The Labute approximate surface area is 129 Å². The summed E-state index contributed by atoms with van der Waals surface area (Å²) in [6.45, 7) is 10.8. The van der Waals surface area contributed by atoms with E-state index in [1.54, 1.807) is 0 Å². The average molecular weight is 291 g/mol. The molecule has 1 aromatic rings. The van der Waals surface area contributed by atoms with Gasteiger partial charge < -0.3 is 4.74 Å². The Bertz CT molecular complexity index is 438. The summed E-state index contributed by atoms with van der Waals surface area (Å²) < 4.78 is 5.15. The van der Waals surface area contributed by atoms with Crippen LogP contribution >= 0.6 is 0 Å². The molecule has 1 aromatic heterocycles. The van der Waals surface area contributed by atoms with Crippen molar-refractivity contribution < 1.29 is 9.53 Å². The van der Waals surface area contributed by atoms with Gasteiger partial charge in [-0.05, 0) is 64.0 Å². The van der Waals surface area contributed by atoms with Crippen molar-refractivity contribution in [2.45, 2.75) is 60.3 Å². The summed E-state index contributed by atoms with van der Waals surface area (Å²) in [4.78, 5) is 16.3. The number of hydrogen-bond acceptors (Lipinski definition) is 3. The van der Waals surface area contributed by atoms with Crippen LogP contribution in [-0.4, -0.2) is 17.6 Å². The molecule has 0 unspecified atom stereocenters. The van der Waals surface area contributed by atoms with Crippen LogP contribution in [0.4, 0.5) is 0 Å².